The molecule has 0 bridgehead atoms. The van der Waals surface area contributed by atoms with E-state index in [2.05, 4.69) is 4.98 Å². The summed E-state index contributed by atoms with van der Waals surface area (Å²) in [5.74, 6) is -1.16. The lowest BCUT2D eigenvalue weighted by atomic mass is 10.2. The number of carbonyl (C=O) groups is 2. The first-order valence-electron chi connectivity index (χ1n) is 7.38. The van der Waals surface area contributed by atoms with Crippen molar-refractivity contribution in [3.05, 3.63) is 39.3 Å². The Bertz CT molecular complexity index is 793. The maximum Gasteiger partial charge on any atom is 0.326 e. The molecule has 1 fully saturated rings. The van der Waals surface area contributed by atoms with Gasteiger partial charge in [-0.25, -0.2) is 9.78 Å². The maximum atomic E-state index is 12.4. The summed E-state index contributed by atoms with van der Waals surface area (Å²) in [7, 11) is 0. The number of carbonyl (C=O) groups excluding carboxylic acids is 1. The minimum absolute atomic E-state index is 0.0888. The molecule has 2 aromatic rings. The summed E-state index contributed by atoms with van der Waals surface area (Å²) in [6.07, 6.45) is 1.31. The summed E-state index contributed by atoms with van der Waals surface area (Å²) in [6.45, 7) is 0.482. The number of likely N-dealkylation sites (tertiary alicyclic amines) is 1. The van der Waals surface area contributed by atoms with Crippen LogP contribution in [-0.2, 0) is 16.0 Å². The summed E-state index contributed by atoms with van der Waals surface area (Å²) in [5.41, 5.74) is 1.37. The molecule has 126 valence electrons. The largest absolute Gasteiger partial charge is 0.480 e. The van der Waals surface area contributed by atoms with Gasteiger partial charge in [-0.15, -0.1) is 11.3 Å². The van der Waals surface area contributed by atoms with Crippen LogP contribution in [0, 0.1) is 0 Å². The Morgan fingerprint density at radius 1 is 1.38 bits per heavy atom. The van der Waals surface area contributed by atoms with Crippen molar-refractivity contribution in [2.75, 3.05) is 6.54 Å². The highest BCUT2D eigenvalue weighted by atomic mass is 35.5. The normalized spacial score (nSPS) is 17.2. The molecule has 0 aliphatic carbocycles. The lowest BCUT2D eigenvalue weighted by Gasteiger charge is -2.20. The quantitative estimate of drug-likeness (QED) is 0.871. The van der Waals surface area contributed by atoms with Gasteiger partial charge in [0.1, 0.15) is 11.0 Å². The zero-order chi connectivity index (χ0) is 17.3. The molecular weight excluding hydrogens is 371 g/mol. The third-order valence-electron chi connectivity index (χ3n) is 3.90. The van der Waals surface area contributed by atoms with Crippen molar-refractivity contribution in [1.82, 2.24) is 9.88 Å². The fraction of sp³-hybridized carbons (Fsp3) is 0.312. The Kier molecular flexibility index (Phi) is 5.08. The number of thiazole rings is 1. The number of halogens is 2. The van der Waals surface area contributed by atoms with Gasteiger partial charge in [-0.05, 0) is 31.0 Å². The number of benzene rings is 1. The van der Waals surface area contributed by atoms with E-state index in [1.807, 2.05) is 0 Å². The minimum atomic E-state index is -0.951. The number of aliphatic carboxylic acids is 1. The Morgan fingerprint density at radius 2 is 2.17 bits per heavy atom. The fourth-order valence-electron chi connectivity index (χ4n) is 2.75. The van der Waals surface area contributed by atoms with Crippen molar-refractivity contribution in [2.45, 2.75) is 25.3 Å². The van der Waals surface area contributed by atoms with E-state index in [1.54, 1.807) is 23.6 Å². The molecule has 1 aliphatic heterocycles. The van der Waals surface area contributed by atoms with E-state index < -0.39 is 12.0 Å². The molecule has 1 aromatic heterocycles. The average molecular weight is 385 g/mol. The van der Waals surface area contributed by atoms with Crippen LogP contribution < -0.4 is 0 Å². The lowest BCUT2D eigenvalue weighted by Crippen LogP contribution is -2.41. The van der Waals surface area contributed by atoms with E-state index in [9.17, 15) is 14.7 Å². The molecule has 1 aliphatic rings. The predicted molar refractivity (Wildman–Crippen MR) is 93.6 cm³/mol. The van der Waals surface area contributed by atoms with Crippen LogP contribution in [0.4, 0.5) is 0 Å². The molecule has 1 aromatic carbocycles. The molecule has 0 saturated carbocycles. The van der Waals surface area contributed by atoms with E-state index in [0.717, 1.165) is 5.56 Å². The number of hydrogen-bond donors (Lipinski definition) is 1. The van der Waals surface area contributed by atoms with Gasteiger partial charge in [0.05, 0.1) is 17.1 Å². The van der Waals surface area contributed by atoms with Gasteiger partial charge in [0.2, 0.25) is 5.91 Å². The van der Waals surface area contributed by atoms with Gasteiger partial charge in [-0.1, -0.05) is 23.2 Å². The Labute approximate surface area is 152 Å². The third kappa shape index (κ3) is 3.55. The molecule has 2 heterocycles. The summed E-state index contributed by atoms with van der Waals surface area (Å²) in [5, 5.41) is 12.7. The van der Waals surface area contributed by atoms with Crippen molar-refractivity contribution in [3.8, 4) is 10.6 Å². The second-order valence-electron chi connectivity index (χ2n) is 5.53. The van der Waals surface area contributed by atoms with Crippen LogP contribution in [0.3, 0.4) is 0 Å². The van der Waals surface area contributed by atoms with Gasteiger partial charge in [-0.2, -0.15) is 0 Å². The molecule has 1 saturated heterocycles. The highest BCUT2D eigenvalue weighted by molar-refractivity contribution is 7.13. The number of carboxylic acids is 1. The average Bonchev–Trinajstić information content (AvgIpc) is 3.16. The van der Waals surface area contributed by atoms with Gasteiger partial charge >= 0.3 is 5.97 Å². The lowest BCUT2D eigenvalue weighted by molar-refractivity contribution is -0.148. The summed E-state index contributed by atoms with van der Waals surface area (Å²) in [6, 6.07) is 4.44. The smallest absolute Gasteiger partial charge is 0.326 e. The van der Waals surface area contributed by atoms with Crippen molar-refractivity contribution >= 4 is 46.4 Å². The number of hydrogen-bond acceptors (Lipinski definition) is 4. The number of rotatable bonds is 4. The fourth-order valence-corrected chi connectivity index (χ4v) is 4.17. The molecule has 1 atom stereocenters. The van der Waals surface area contributed by atoms with Gasteiger partial charge in [-0.3, -0.25) is 4.79 Å². The van der Waals surface area contributed by atoms with Crippen LogP contribution in [0.1, 0.15) is 18.5 Å². The standard InChI is InChI=1S/C16H14Cl2N2O3S/c17-9-3-4-11(12(18)6-9)15-19-10(8-24-15)7-14(21)20-5-1-2-13(20)16(22)23/h3-4,6,8,13H,1-2,5,7H2,(H,22,23)/t13-/m0/s1. The predicted octanol–water partition coefficient (Wildman–Crippen LogP) is 3.74. The van der Waals surface area contributed by atoms with Gasteiger partial charge in [0.15, 0.2) is 0 Å². The first-order valence-corrected chi connectivity index (χ1v) is 9.01. The van der Waals surface area contributed by atoms with Crippen molar-refractivity contribution in [2.24, 2.45) is 0 Å². The number of carboxylic acid groups (broad SMARTS) is 1. The molecule has 1 amide bonds. The van der Waals surface area contributed by atoms with E-state index >= 15 is 0 Å². The topological polar surface area (TPSA) is 70.5 Å². The molecule has 8 heteroatoms. The maximum absolute atomic E-state index is 12.4. The van der Waals surface area contributed by atoms with Crippen molar-refractivity contribution in [1.29, 1.82) is 0 Å². The van der Waals surface area contributed by atoms with Gasteiger partial charge in [0.25, 0.3) is 0 Å². The number of amides is 1. The molecule has 3 rings (SSSR count). The molecule has 0 unspecified atom stereocenters. The van der Waals surface area contributed by atoms with E-state index in [1.165, 1.54) is 16.2 Å². The van der Waals surface area contributed by atoms with Gasteiger partial charge < -0.3 is 10.0 Å². The highest BCUT2D eigenvalue weighted by Crippen LogP contribution is 2.32. The second-order valence-corrected chi connectivity index (χ2v) is 7.23. The molecular formula is C16H14Cl2N2O3S. The monoisotopic (exact) mass is 384 g/mol. The van der Waals surface area contributed by atoms with E-state index in [-0.39, 0.29) is 12.3 Å². The minimum Gasteiger partial charge on any atom is -0.480 e. The van der Waals surface area contributed by atoms with Crippen LogP contribution >= 0.6 is 34.5 Å². The zero-order valence-corrected chi connectivity index (χ0v) is 14.9. The van der Waals surface area contributed by atoms with Crippen molar-refractivity contribution < 1.29 is 14.7 Å². The zero-order valence-electron chi connectivity index (χ0n) is 12.5. The highest BCUT2D eigenvalue weighted by Gasteiger charge is 2.33. The summed E-state index contributed by atoms with van der Waals surface area (Å²) >= 11 is 13.5. The third-order valence-corrected chi connectivity index (χ3v) is 5.38. The first kappa shape index (κ1) is 17.2. The number of aromatic nitrogens is 1. The molecule has 5 nitrogen and oxygen atoms in total. The number of nitrogens with zero attached hydrogens (tertiary/aromatic N) is 2. The second kappa shape index (κ2) is 7.09. The Balaban J connectivity index is 1.74. The van der Waals surface area contributed by atoms with Crippen LogP contribution in [0.5, 0.6) is 0 Å². The molecule has 0 spiro atoms. The van der Waals surface area contributed by atoms with E-state index in [0.29, 0.717) is 40.1 Å². The Morgan fingerprint density at radius 3 is 2.88 bits per heavy atom. The SMILES string of the molecule is O=C(O)[C@@H]1CCCN1C(=O)Cc1csc(-c2ccc(Cl)cc2Cl)n1. The summed E-state index contributed by atoms with van der Waals surface area (Å²) in [4.78, 5) is 29.4. The first-order chi connectivity index (χ1) is 11.5. The van der Waals surface area contributed by atoms with Crippen molar-refractivity contribution in [3.63, 3.8) is 0 Å². The molecule has 0 radical (unpaired) electrons. The van der Waals surface area contributed by atoms with Crippen LogP contribution in [0.2, 0.25) is 10.0 Å². The van der Waals surface area contributed by atoms with E-state index in [4.69, 9.17) is 23.2 Å². The van der Waals surface area contributed by atoms with Crippen LogP contribution in [-0.4, -0.2) is 39.5 Å². The van der Waals surface area contributed by atoms with Crippen LogP contribution in [0.25, 0.3) is 10.6 Å². The summed E-state index contributed by atoms with van der Waals surface area (Å²) < 4.78 is 0. The molecule has 24 heavy (non-hydrogen) atoms. The van der Waals surface area contributed by atoms with Crippen LogP contribution in [0.15, 0.2) is 23.6 Å². The van der Waals surface area contributed by atoms with Gasteiger partial charge in [0, 0.05) is 22.5 Å². The Hall–Kier alpha value is -1.63. The molecule has 1 N–H and O–H groups in total.